The Kier molecular flexibility index (Phi) is 8.63. The van der Waals surface area contributed by atoms with Gasteiger partial charge < -0.3 is 33.3 Å². The van der Waals surface area contributed by atoms with E-state index in [1.54, 1.807) is 13.8 Å². The van der Waals surface area contributed by atoms with Gasteiger partial charge in [0.1, 0.15) is 6.04 Å². The molecule has 11 nitrogen and oxygen atoms in total. The second-order valence-electron chi connectivity index (χ2n) is 5.99. The molecule has 3 unspecified atom stereocenters. The van der Waals surface area contributed by atoms with Crippen molar-refractivity contribution in [2.75, 3.05) is 34.5 Å². The van der Waals surface area contributed by atoms with Crippen molar-refractivity contribution in [3.8, 4) is 0 Å². The van der Waals surface area contributed by atoms with Crippen molar-refractivity contribution in [3.63, 3.8) is 0 Å². The molecule has 0 aromatic heterocycles. The van der Waals surface area contributed by atoms with E-state index in [-0.39, 0.29) is 41.7 Å². The van der Waals surface area contributed by atoms with Crippen LogP contribution in [0.3, 0.4) is 0 Å². The van der Waals surface area contributed by atoms with E-state index >= 15 is 0 Å². The quantitative estimate of drug-likeness (QED) is 0.221. The highest BCUT2D eigenvalue weighted by atomic mass is 35.5. The second-order valence-corrected chi connectivity index (χ2v) is 7.75. The summed E-state index contributed by atoms with van der Waals surface area (Å²) in [7, 11) is 0. The Morgan fingerprint density at radius 1 is 1.21 bits per heavy atom. The third-order valence-corrected chi connectivity index (χ3v) is 5.10. The van der Waals surface area contributed by atoms with Crippen molar-refractivity contribution >= 4 is 57.2 Å². The fourth-order valence-electron chi connectivity index (χ4n) is 2.95. The number of esters is 1. The molecule has 164 valence electrons. The van der Waals surface area contributed by atoms with E-state index in [9.17, 15) is 22.3 Å². The summed E-state index contributed by atoms with van der Waals surface area (Å²) in [5.74, 6) is -0.426. The first-order valence-corrected chi connectivity index (χ1v) is 11.1. The second kappa shape index (κ2) is 10.5. The Morgan fingerprint density at radius 3 is 2.45 bits per heavy atom. The molecule has 0 amide bonds. The lowest BCUT2D eigenvalue weighted by Gasteiger charge is -2.32. The molecule has 0 spiro atoms. The highest BCUT2D eigenvalue weighted by Crippen LogP contribution is 2.37. The zero-order valence-corrected chi connectivity index (χ0v) is 18.0. The van der Waals surface area contributed by atoms with Crippen LogP contribution in [0.15, 0.2) is 12.1 Å². The molecule has 1 aliphatic heterocycles. The average molecular weight is 469 g/mol. The van der Waals surface area contributed by atoms with Crippen LogP contribution < -0.4 is 20.1 Å². The lowest BCUT2D eigenvalue weighted by Crippen LogP contribution is -2.43. The average Bonchev–Trinajstić information content (AvgIpc) is 3.02. The van der Waals surface area contributed by atoms with Gasteiger partial charge in [0.2, 0.25) is 0 Å². The minimum Gasteiger partial charge on any atom is -0.755 e. The molecule has 2 rings (SSSR count). The van der Waals surface area contributed by atoms with E-state index in [1.165, 1.54) is 12.1 Å². The molecule has 1 saturated heterocycles. The Morgan fingerprint density at radius 2 is 1.86 bits per heavy atom. The Bertz CT molecular complexity index is 800. The summed E-state index contributed by atoms with van der Waals surface area (Å²) in [6.07, 6.45) is 0.210. The molecule has 1 aromatic carbocycles. The number of anilines is 3. The van der Waals surface area contributed by atoms with Gasteiger partial charge in [-0.2, -0.15) is 0 Å². The van der Waals surface area contributed by atoms with Crippen LogP contribution in [0.25, 0.3) is 0 Å². The molecule has 29 heavy (non-hydrogen) atoms. The summed E-state index contributed by atoms with van der Waals surface area (Å²) < 4.78 is 59.3. The van der Waals surface area contributed by atoms with Crippen LogP contribution in [0.1, 0.15) is 20.3 Å². The summed E-state index contributed by atoms with van der Waals surface area (Å²) in [5, 5.41) is 6.13. The fraction of sp³-hybridized carbons (Fsp3) is 0.533. The van der Waals surface area contributed by atoms with Crippen LogP contribution in [-0.4, -0.2) is 55.0 Å². The maximum atomic E-state index is 12.1. The molecule has 1 aliphatic rings. The van der Waals surface area contributed by atoms with Gasteiger partial charge in [0, 0.05) is 42.1 Å². The first-order valence-electron chi connectivity index (χ1n) is 8.57. The number of carbonyl (C=O) groups excluding carboxylic acids is 1. The highest BCUT2D eigenvalue weighted by molar-refractivity contribution is 7.80. The normalized spacial score (nSPS) is 23.3. The van der Waals surface area contributed by atoms with Gasteiger partial charge in [-0.1, -0.05) is 11.6 Å². The minimum absolute atomic E-state index is 0.0158. The van der Waals surface area contributed by atoms with Crippen LogP contribution in [-0.2, 0) is 36.8 Å². The van der Waals surface area contributed by atoms with Crippen LogP contribution in [0.2, 0.25) is 5.02 Å². The summed E-state index contributed by atoms with van der Waals surface area (Å²) in [4.78, 5) is 12.1. The molecule has 4 atom stereocenters. The monoisotopic (exact) mass is 468 g/mol. The molecule has 0 aliphatic carbocycles. The smallest absolute Gasteiger partial charge is 0.323 e. The number of halogens is 1. The maximum Gasteiger partial charge on any atom is 0.323 e. The van der Waals surface area contributed by atoms with Gasteiger partial charge in [-0.3, -0.25) is 18.5 Å². The number of nitrogens with one attached hydrogen (secondary N) is 4. The van der Waals surface area contributed by atoms with E-state index in [0.717, 1.165) is 0 Å². The lowest BCUT2D eigenvalue weighted by molar-refractivity contribution is -0.145. The lowest BCUT2D eigenvalue weighted by atomic mass is 10.1. The van der Waals surface area contributed by atoms with Crippen molar-refractivity contribution in [2.45, 2.75) is 32.0 Å². The van der Waals surface area contributed by atoms with Gasteiger partial charge in [0.15, 0.2) is 5.72 Å². The van der Waals surface area contributed by atoms with E-state index in [1.807, 2.05) is 0 Å². The van der Waals surface area contributed by atoms with Gasteiger partial charge in [-0.15, -0.1) is 0 Å². The van der Waals surface area contributed by atoms with E-state index in [4.69, 9.17) is 21.1 Å². The summed E-state index contributed by atoms with van der Waals surface area (Å²) in [6, 6.07) is 1.96. The number of hydrogen-bond acceptors (Lipinski definition) is 9. The van der Waals surface area contributed by atoms with Gasteiger partial charge in [-0.25, -0.2) is 0 Å². The Hall–Kier alpha value is -1.48. The van der Waals surface area contributed by atoms with Crippen LogP contribution in [0, 0.1) is 0 Å². The third kappa shape index (κ3) is 6.50. The molecule has 4 N–H and O–H groups in total. The predicted octanol–water partition coefficient (Wildman–Crippen LogP) is 0.822. The topological polar surface area (TPSA) is 164 Å². The first-order chi connectivity index (χ1) is 13.7. The number of benzene rings is 1. The summed E-state index contributed by atoms with van der Waals surface area (Å²) >= 11 is 0.780. The molecule has 1 fully saturated rings. The number of ether oxygens (including phenoxy) is 2. The van der Waals surface area contributed by atoms with E-state index < -0.39 is 40.3 Å². The minimum atomic E-state index is -2.69. The Labute approximate surface area is 178 Å². The van der Waals surface area contributed by atoms with Crippen molar-refractivity contribution in [1.82, 2.24) is 5.32 Å². The number of hydrogen-bond donors (Lipinski definition) is 4. The predicted molar refractivity (Wildman–Crippen MR) is 108 cm³/mol. The SMILES string of the molecule is CCOC(=O)[C@@H]1CC(Nc2cc(Cl)c(NS(=O)[O-])cc2NS(=O)[O-])(OCC)CN1. The van der Waals surface area contributed by atoms with Crippen molar-refractivity contribution in [3.05, 3.63) is 17.2 Å². The highest BCUT2D eigenvalue weighted by Gasteiger charge is 2.43. The molecular formula is C15H21ClN4O7S2-2. The van der Waals surface area contributed by atoms with E-state index in [0.29, 0.717) is 6.61 Å². The van der Waals surface area contributed by atoms with Crippen molar-refractivity contribution < 1.29 is 31.8 Å². The molecule has 0 saturated carbocycles. The van der Waals surface area contributed by atoms with Gasteiger partial charge in [0.05, 0.1) is 28.7 Å². The fourth-order valence-corrected chi connectivity index (χ4v) is 3.92. The molecule has 1 aromatic rings. The zero-order chi connectivity index (χ0) is 21.6. The first kappa shape index (κ1) is 23.8. The number of rotatable bonds is 10. The standard InChI is InChI=1S/C15H23ClN4O7S2/c1-3-26-14(21)13-7-15(8-17-13,27-4-2)18-11-5-9(16)10(19-28(22)23)6-12(11)20-29(24)25/h5-6,13,17-20H,3-4,7-8H2,1-2H3,(H,22,23)(H,24,25)/p-2/t13-,15?/m0/s1. The van der Waals surface area contributed by atoms with E-state index in [2.05, 4.69) is 20.1 Å². The molecule has 0 radical (unpaired) electrons. The number of carbonyl (C=O) groups is 1. The van der Waals surface area contributed by atoms with Gasteiger partial charge in [0.25, 0.3) is 0 Å². The summed E-state index contributed by atoms with van der Waals surface area (Å²) in [6.45, 7) is 4.25. The van der Waals surface area contributed by atoms with Crippen LogP contribution in [0.4, 0.5) is 17.1 Å². The maximum absolute atomic E-state index is 12.1. The van der Waals surface area contributed by atoms with Crippen LogP contribution in [0.5, 0.6) is 0 Å². The molecule has 0 bridgehead atoms. The molecular weight excluding hydrogens is 448 g/mol. The zero-order valence-electron chi connectivity index (χ0n) is 15.6. The van der Waals surface area contributed by atoms with Gasteiger partial charge >= 0.3 is 5.97 Å². The Balaban J connectivity index is 2.35. The van der Waals surface area contributed by atoms with Crippen molar-refractivity contribution in [2.24, 2.45) is 0 Å². The summed E-state index contributed by atoms with van der Waals surface area (Å²) in [5.41, 5.74) is -0.791. The molecule has 1 heterocycles. The third-order valence-electron chi connectivity index (χ3n) is 4.02. The van der Waals surface area contributed by atoms with Gasteiger partial charge in [-0.05, 0) is 26.0 Å². The van der Waals surface area contributed by atoms with Crippen molar-refractivity contribution in [1.29, 1.82) is 0 Å². The van der Waals surface area contributed by atoms with Crippen LogP contribution >= 0.6 is 11.6 Å². The molecule has 14 heteroatoms. The largest absolute Gasteiger partial charge is 0.755 e.